The van der Waals surface area contributed by atoms with Crippen molar-refractivity contribution in [2.45, 2.75) is 172 Å². The molecule has 592 valence electrons. The Morgan fingerprint density at radius 2 is 1.08 bits per heavy atom. The van der Waals surface area contributed by atoms with Gasteiger partial charge in [-0.15, -0.1) is 0 Å². The summed E-state index contributed by atoms with van der Waals surface area (Å²) in [5.41, 5.74) is 20.7. The van der Waals surface area contributed by atoms with Gasteiger partial charge in [-0.3, -0.25) is 62.7 Å². The third-order valence-corrected chi connectivity index (χ3v) is 19.7. The minimum atomic E-state index is -1.81. The number of hydrogen-bond donors (Lipinski definition) is 17. The van der Waals surface area contributed by atoms with Crippen LogP contribution in [-0.4, -0.2) is 197 Å². The number of rotatable bonds is 39. The summed E-state index contributed by atoms with van der Waals surface area (Å²) in [4.78, 5) is 174. The lowest BCUT2D eigenvalue weighted by Crippen LogP contribution is -2.61. The zero-order valence-corrected chi connectivity index (χ0v) is 63.6. The van der Waals surface area contributed by atoms with Crippen molar-refractivity contribution in [2.75, 3.05) is 39.3 Å². The normalized spacial score (nSPS) is 15.8. The molecular weight excluding hydrogens is 1440 g/mol. The summed E-state index contributed by atoms with van der Waals surface area (Å²) < 4.78 is 0. The molecule has 9 rings (SSSR count). The van der Waals surface area contributed by atoms with Crippen molar-refractivity contribution in [1.29, 1.82) is 0 Å². The van der Waals surface area contributed by atoms with Gasteiger partial charge in [0.15, 0.2) is 11.9 Å². The number of nitrogens with two attached hydrogens (primary N) is 3. The first-order chi connectivity index (χ1) is 53.3. The number of fused-ring (bicyclic) bond motifs is 3. The largest absolute Gasteiger partial charge is 0.394 e. The van der Waals surface area contributed by atoms with Gasteiger partial charge in [0, 0.05) is 105 Å². The van der Waals surface area contributed by atoms with Crippen LogP contribution in [-0.2, 0) is 78.4 Å². The highest BCUT2D eigenvalue weighted by Gasteiger charge is 2.41. The van der Waals surface area contributed by atoms with Crippen LogP contribution in [0.3, 0.4) is 0 Å². The molecule has 7 aromatic rings. The minimum absolute atomic E-state index is 0.0336. The topological polar surface area (TPSA) is 478 Å². The highest BCUT2D eigenvalue weighted by atomic mass is 35.5. The number of H-pyrrole nitrogens is 2. The molecule has 0 aliphatic carbocycles. The molecule has 5 aromatic carbocycles. The van der Waals surface area contributed by atoms with E-state index in [1.807, 2.05) is 80.6 Å². The number of aliphatic imine (C=N–C) groups is 2. The average molecular weight is 1550 g/mol. The molecular formula is C79H102ClN19O12. The maximum atomic E-state index is 15.3. The van der Waals surface area contributed by atoms with Crippen LogP contribution in [0.15, 0.2) is 138 Å². The van der Waals surface area contributed by atoms with Crippen LogP contribution in [0.5, 0.6) is 0 Å². The monoisotopic (exact) mass is 1540 g/mol. The van der Waals surface area contributed by atoms with Gasteiger partial charge in [-0.2, -0.15) is 0 Å². The number of aliphatic hydroxyl groups excluding tert-OH is 1. The standard InChI is InChI=1S/C79H102ClN19O12/c1-45(2)36-61(70(104)93-60(22-11-12-31-85-79-86-33-15-34-87-79)77(111)99-35-14-24-67(99)76(110)90-46(3)68(81)102)94-73(107)64(40-52-42-88-57-20-9-7-18-55(52)57)96-69(103)59(23-13-32-84-78(82)83)92-75(109)66(44-100)98-74(108)65(41-53-43-89-58-21-10-8-19-56(53)58)97-72(106)63(38-48-26-29-54(80)30-27-48)95-71(105)62(91-47(4)101)39-49-25-28-50-16-5-6-17-51(50)37-49/h5-10,16-21,25-30,37,42-43,45-46,59-67,88-89,100H,11-15,22-24,31-36,38-41,44H2,1-4H3,(H2,81,102)(H,90,110)(H,91,101)(H,92,109)(H,93,104)(H,94,107)(H,95,105)(H,96,103)(H,97,106)(H,98,108)(H4,82,83,84)(H2,85,86,87)/t46-,59+,60+,61+,62-,63-,64-,65-,66+,67+/m1/s1. The smallest absolute Gasteiger partial charge is 0.245 e. The predicted octanol–water partition coefficient (Wildman–Crippen LogP) is 1.81. The molecule has 0 unspecified atom stereocenters. The second-order valence-electron chi connectivity index (χ2n) is 28.5. The van der Waals surface area contributed by atoms with Crippen LogP contribution < -0.4 is 75.7 Å². The molecule has 32 heteroatoms. The van der Waals surface area contributed by atoms with E-state index in [1.54, 1.807) is 60.9 Å². The zero-order valence-electron chi connectivity index (χ0n) is 62.8. The maximum absolute atomic E-state index is 15.3. The Hall–Kier alpha value is -11.6. The van der Waals surface area contributed by atoms with Crippen molar-refractivity contribution < 1.29 is 57.8 Å². The fraction of sp³-hybridized carbons (Fsp3) is 0.430. The number of aliphatic hydroxyl groups is 1. The molecule has 1 saturated heterocycles. The molecule has 0 spiro atoms. The van der Waals surface area contributed by atoms with Gasteiger partial charge in [0.1, 0.15) is 60.4 Å². The number of carbonyl (C=O) groups excluding carboxylic acids is 11. The second kappa shape index (κ2) is 40.7. The van der Waals surface area contributed by atoms with Crippen molar-refractivity contribution in [3.63, 3.8) is 0 Å². The number of unbranched alkanes of at least 4 members (excludes halogenated alkanes) is 1. The molecule has 0 radical (unpaired) electrons. The van der Waals surface area contributed by atoms with E-state index in [4.69, 9.17) is 28.8 Å². The lowest BCUT2D eigenvalue weighted by Gasteiger charge is -2.31. The average Bonchev–Trinajstić information content (AvgIpc) is 1.77. The molecule has 10 atom stereocenters. The predicted molar refractivity (Wildman–Crippen MR) is 423 cm³/mol. The van der Waals surface area contributed by atoms with E-state index in [0.29, 0.717) is 81.8 Å². The van der Waals surface area contributed by atoms with Crippen molar-refractivity contribution in [2.24, 2.45) is 33.1 Å². The summed E-state index contributed by atoms with van der Waals surface area (Å²) in [6, 6.07) is 20.8. The highest BCUT2D eigenvalue weighted by molar-refractivity contribution is 6.30. The fourth-order valence-electron chi connectivity index (χ4n) is 13.6. The number of primary amides is 1. The number of benzene rings is 5. The number of para-hydroxylation sites is 2. The fourth-order valence-corrected chi connectivity index (χ4v) is 13.8. The first-order valence-corrected chi connectivity index (χ1v) is 38.0. The molecule has 111 heavy (non-hydrogen) atoms. The zero-order chi connectivity index (χ0) is 79.7. The Bertz CT molecular complexity index is 4500. The van der Waals surface area contributed by atoms with Crippen molar-refractivity contribution >= 4 is 121 Å². The van der Waals surface area contributed by atoms with E-state index in [0.717, 1.165) is 29.3 Å². The van der Waals surface area contributed by atoms with E-state index >= 15 is 19.2 Å². The molecule has 2 aliphatic rings. The van der Waals surface area contributed by atoms with Crippen LogP contribution in [0.4, 0.5) is 0 Å². The van der Waals surface area contributed by atoms with Gasteiger partial charge in [-0.25, -0.2) is 0 Å². The van der Waals surface area contributed by atoms with Crippen LogP contribution in [0.2, 0.25) is 5.02 Å². The van der Waals surface area contributed by atoms with E-state index in [9.17, 15) is 38.7 Å². The van der Waals surface area contributed by atoms with Crippen LogP contribution in [0, 0.1) is 5.92 Å². The lowest BCUT2D eigenvalue weighted by molar-refractivity contribution is -0.142. The number of hydrogen-bond acceptors (Lipinski definition) is 16. The Kier molecular flexibility index (Phi) is 30.6. The van der Waals surface area contributed by atoms with Gasteiger partial charge in [0.25, 0.3) is 0 Å². The summed E-state index contributed by atoms with van der Waals surface area (Å²) in [6.45, 7) is 7.39. The van der Waals surface area contributed by atoms with Crippen molar-refractivity contribution in [1.82, 2.24) is 73.4 Å². The number of amides is 11. The number of aromatic amines is 2. The molecule has 20 N–H and O–H groups in total. The summed E-state index contributed by atoms with van der Waals surface area (Å²) in [5.74, 6) is -8.34. The lowest BCUT2D eigenvalue weighted by atomic mass is 9.99. The molecule has 31 nitrogen and oxygen atoms in total. The number of nitrogens with one attached hydrogen (secondary N) is 13. The second-order valence-corrected chi connectivity index (χ2v) is 29.0. The summed E-state index contributed by atoms with van der Waals surface area (Å²) >= 11 is 6.29. The Morgan fingerprint density at radius 1 is 0.568 bits per heavy atom. The van der Waals surface area contributed by atoms with E-state index in [2.05, 4.69) is 78.4 Å². The molecule has 4 heterocycles. The minimum Gasteiger partial charge on any atom is -0.394 e. The van der Waals surface area contributed by atoms with Gasteiger partial charge in [-0.05, 0) is 128 Å². The van der Waals surface area contributed by atoms with Gasteiger partial charge < -0.3 is 95.7 Å². The quantitative estimate of drug-likeness (QED) is 0.0148. The summed E-state index contributed by atoms with van der Waals surface area (Å²) in [6.07, 6.45) is 5.50. The molecule has 2 aliphatic heterocycles. The molecule has 1 fully saturated rings. The first kappa shape index (κ1) is 83.4. The van der Waals surface area contributed by atoms with E-state index in [-0.39, 0.29) is 82.8 Å². The summed E-state index contributed by atoms with van der Waals surface area (Å²) in [7, 11) is 0. The number of aromatic nitrogens is 2. The van der Waals surface area contributed by atoms with E-state index in [1.165, 1.54) is 18.7 Å². The van der Waals surface area contributed by atoms with Gasteiger partial charge in [0.05, 0.1) is 6.61 Å². The number of carbonyl (C=O) groups is 11. The van der Waals surface area contributed by atoms with Crippen LogP contribution in [0.1, 0.15) is 108 Å². The number of nitrogens with zero attached hydrogens (tertiary/aromatic N) is 3. The number of guanidine groups is 2. The molecule has 11 amide bonds. The number of likely N-dealkylation sites (tertiary alicyclic amines) is 1. The molecule has 2 aromatic heterocycles. The van der Waals surface area contributed by atoms with Crippen molar-refractivity contribution in [3.05, 3.63) is 155 Å². The third-order valence-electron chi connectivity index (χ3n) is 19.5. The van der Waals surface area contributed by atoms with Gasteiger partial charge >= 0.3 is 0 Å². The van der Waals surface area contributed by atoms with Gasteiger partial charge in [0.2, 0.25) is 65.0 Å². The Labute approximate surface area is 648 Å². The Balaban J connectivity index is 0.964. The summed E-state index contributed by atoms with van der Waals surface area (Å²) in [5, 5.41) is 46.0. The van der Waals surface area contributed by atoms with Gasteiger partial charge in [-0.1, -0.05) is 116 Å². The molecule has 0 bridgehead atoms. The first-order valence-electron chi connectivity index (χ1n) is 37.6. The SMILES string of the molecule is CC(=O)N[C@H](Cc1ccc2ccccc2c1)C(=O)N[C@H](Cc1ccc(Cl)cc1)C(=O)N[C@H](Cc1c[nH]c2ccccc12)C(=O)N[C@@H](CO)C(=O)N[C@@H](CCCN=C(N)N)C(=O)N[C@H](Cc1c[nH]c2ccccc12)C(=O)N[C@@H](CC(C)C)C(=O)N[C@@H](CCCCNC1=NCCCN1)C(=O)N1CCC[C@H]1C(=O)N[C@H](C)C(N)=O. The third kappa shape index (κ3) is 24.4. The van der Waals surface area contributed by atoms with Crippen LogP contribution >= 0.6 is 11.6 Å². The van der Waals surface area contributed by atoms with Crippen LogP contribution in [0.25, 0.3) is 32.6 Å². The molecule has 0 saturated carbocycles. The van der Waals surface area contributed by atoms with E-state index < -0.39 is 132 Å². The Morgan fingerprint density at radius 3 is 1.67 bits per heavy atom. The number of halogens is 1. The highest BCUT2D eigenvalue weighted by Crippen LogP contribution is 2.25. The van der Waals surface area contributed by atoms with Crippen molar-refractivity contribution in [3.8, 4) is 0 Å². The maximum Gasteiger partial charge on any atom is 0.245 e.